The number of carbonyl (C=O) groups excluding carboxylic acids is 2. The van der Waals surface area contributed by atoms with Gasteiger partial charge in [-0.25, -0.2) is 0 Å². The number of amides is 2. The van der Waals surface area contributed by atoms with Crippen LogP contribution in [0.3, 0.4) is 0 Å². The Labute approximate surface area is 284 Å². The molecular weight excluding hydrogens is 620 g/mol. The Hall–Kier alpha value is -4.16. The number of carbonyl (C=O) groups is 4. The van der Waals surface area contributed by atoms with Crippen LogP contribution in [0.5, 0.6) is 11.5 Å². The fourth-order valence-corrected chi connectivity index (χ4v) is 4.50. The molecule has 0 aliphatic carbocycles. The van der Waals surface area contributed by atoms with Gasteiger partial charge in [0.1, 0.15) is 11.5 Å². The summed E-state index contributed by atoms with van der Waals surface area (Å²) in [5, 5.41) is 57.1. The summed E-state index contributed by atoms with van der Waals surface area (Å²) in [7, 11) is 0. The summed E-state index contributed by atoms with van der Waals surface area (Å²) in [6.07, 6.45) is -1.71. The third-order valence-corrected chi connectivity index (χ3v) is 6.95. The number of primary amides is 1. The van der Waals surface area contributed by atoms with Crippen molar-refractivity contribution < 1.29 is 49.8 Å². The number of phenolic OH excluding ortho intramolecular Hbond substituents is 2. The number of hydrogen-bond donors (Lipinski definition) is 8. The largest absolute Gasteiger partial charge is 0.507 e. The molecule has 2 rings (SSSR count). The normalized spacial score (nSPS) is 11.9. The third-order valence-electron chi connectivity index (χ3n) is 6.95. The third kappa shape index (κ3) is 14.7. The first-order chi connectivity index (χ1) is 21.4. The highest BCUT2D eigenvalue weighted by molar-refractivity contribution is 6.34. The first kappa shape index (κ1) is 43.8. The lowest BCUT2D eigenvalue weighted by Crippen LogP contribution is -2.39. The molecule has 0 atom stereocenters. The second kappa shape index (κ2) is 16.8. The summed E-state index contributed by atoms with van der Waals surface area (Å²) in [4.78, 5) is 42.0. The summed E-state index contributed by atoms with van der Waals surface area (Å²) in [6, 6.07) is 7.22. The van der Waals surface area contributed by atoms with E-state index in [0.29, 0.717) is 0 Å². The molecule has 0 saturated heterocycles. The van der Waals surface area contributed by atoms with E-state index in [1.165, 1.54) is 0 Å². The van der Waals surface area contributed by atoms with Crippen LogP contribution in [0.15, 0.2) is 24.3 Å². The Morgan fingerprint density at radius 1 is 0.604 bits per heavy atom. The highest BCUT2D eigenvalue weighted by Gasteiger charge is 2.28. The van der Waals surface area contributed by atoms with E-state index in [9.17, 15) is 29.4 Å². The minimum atomic E-state index is -1.66. The molecule has 0 heterocycles. The van der Waals surface area contributed by atoms with Crippen molar-refractivity contribution in [1.82, 2.24) is 5.32 Å². The molecule has 2 aromatic rings. The first-order valence-corrected chi connectivity index (χ1v) is 15.5. The van der Waals surface area contributed by atoms with Crippen LogP contribution in [0.2, 0.25) is 0 Å². The van der Waals surface area contributed by atoms with E-state index in [1.807, 2.05) is 88.4 Å². The number of aliphatic hydroxyl groups excluding tert-OH is 1. The van der Waals surface area contributed by atoms with Gasteiger partial charge in [0.2, 0.25) is 0 Å². The monoisotopic (exact) mass is 676 g/mol. The molecule has 0 aliphatic rings. The van der Waals surface area contributed by atoms with Gasteiger partial charge in [0.05, 0.1) is 19.4 Å². The van der Waals surface area contributed by atoms with Gasteiger partial charge in [0.25, 0.3) is 0 Å². The highest BCUT2D eigenvalue weighted by Crippen LogP contribution is 2.41. The number of aliphatic carboxylic acids is 2. The molecule has 0 aliphatic heterocycles. The Morgan fingerprint density at radius 2 is 0.854 bits per heavy atom. The van der Waals surface area contributed by atoms with Gasteiger partial charge in [-0.1, -0.05) is 107 Å². The van der Waals surface area contributed by atoms with Crippen LogP contribution < -0.4 is 11.1 Å². The van der Waals surface area contributed by atoms with E-state index in [4.69, 9.17) is 20.4 Å². The Kier molecular flexibility index (Phi) is 15.3. The van der Waals surface area contributed by atoms with Crippen molar-refractivity contribution in [3.8, 4) is 11.5 Å². The van der Waals surface area contributed by atoms with Gasteiger partial charge in [0.15, 0.2) is 6.29 Å². The van der Waals surface area contributed by atoms with Crippen molar-refractivity contribution in [3.05, 3.63) is 57.6 Å². The van der Waals surface area contributed by atoms with Gasteiger partial charge in [-0.2, -0.15) is 0 Å². The second-order valence-corrected chi connectivity index (χ2v) is 15.8. The molecular formula is C36H56N2O10. The number of phenols is 2. The van der Waals surface area contributed by atoms with E-state index in [0.717, 1.165) is 33.4 Å². The van der Waals surface area contributed by atoms with Crippen molar-refractivity contribution in [2.45, 2.75) is 124 Å². The molecule has 0 saturated carbocycles. The van der Waals surface area contributed by atoms with Gasteiger partial charge < -0.3 is 41.7 Å². The summed E-state index contributed by atoms with van der Waals surface area (Å²) in [5.41, 5.74) is 8.29. The van der Waals surface area contributed by atoms with Gasteiger partial charge in [-0.3, -0.25) is 19.2 Å². The fourth-order valence-electron chi connectivity index (χ4n) is 4.50. The van der Waals surface area contributed by atoms with Crippen LogP contribution in [-0.2, 0) is 53.7 Å². The van der Waals surface area contributed by atoms with Crippen LogP contribution in [0.4, 0.5) is 0 Å². The number of rotatable bonds is 6. The molecule has 0 unspecified atom stereocenters. The number of aliphatic hydroxyl groups is 2. The molecule has 0 radical (unpaired) electrons. The average Bonchev–Trinajstić information content (AvgIpc) is 2.86. The van der Waals surface area contributed by atoms with Crippen molar-refractivity contribution in [1.29, 1.82) is 0 Å². The number of carboxylic acids is 2. The zero-order chi connectivity index (χ0) is 38.2. The van der Waals surface area contributed by atoms with Crippen LogP contribution in [0, 0.1) is 0 Å². The molecule has 48 heavy (non-hydrogen) atoms. The average molecular weight is 677 g/mol. The SMILES string of the molecule is CC(C)(C)c1cc(CC(=O)O)cc(C(C)(C)C)c1O.CC(C)(C)c1cc(CC(=O)O)cc(C(C)(C)C)c1O.NC(=O)C(=O)NCC(O)O. The minimum Gasteiger partial charge on any atom is -0.507 e. The predicted octanol–water partition coefficient (Wildman–Crippen LogP) is 4.13. The van der Waals surface area contributed by atoms with Crippen LogP contribution in [0.1, 0.15) is 116 Å². The van der Waals surface area contributed by atoms with Crippen LogP contribution >= 0.6 is 0 Å². The number of nitrogens with one attached hydrogen (secondary N) is 1. The first-order valence-electron chi connectivity index (χ1n) is 15.5. The number of nitrogens with two attached hydrogens (primary N) is 1. The smallest absolute Gasteiger partial charge is 0.309 e. The Balaban J connectivity index is 0.000000727. The van der Waals surface area contributed by atoms with E-state index in [-0.39, 0.29) is 46.0 Å². The lowest BCUT2D eigenvalue weighted by molar-refractivity contribution is -0.138. The predicted molar refractivity (Wildman–Crippen MR) is 184 cm³/mol. The molecule has 12 nitrogen and oxygen atoms in total. The Morgan fingerprint density at radius 3 is 1.02 bits per heavy atom. The maximum atomic E-state index is 10.9. The fraction of sp³-hybridized carbons (Fsp3) is 0.556. The molecule has 270 valence electrons. The molecule has 12 heteroatoms. The molecule has 0 aromatic heterocycles. The lowest BCUT2D eigenvalue weighted by Gasteiger charge is -2.28. The lowest BCUT2D eigenvalue weighted by atomic mass is 9.78. The Bertz CT molecular complexity index is 1290. The summed E-state index contributed by atoms with van der Waals surface area (Å²) in [6.45, 7) is 23.8. The van der Waals surface area contributed by atoms with Gasteiger partial charge in [-0.15, -0.1) is 0 Å². The van der Waals surface area contributed by atoms with Gasteiger partial charge in [0, 0.05) is 0 Å². The van der Waals surface area contributed by atoms with Crippen LogP contribution in [0.25, 0.3) is 0 Å². The van der Waals surface area contributed by atoms with Gasteiger partial charge in [-0.05, 0) is 55.0 Å². The molecule has 2 aromatic carbocycles. The molecule has 0 bridgehead atoms. The van der Waals surface area contributed by atoms with Crippen molar-refractivity contribution >= 4 is 23.8 Å². The zero-order valence-electron chi connectivity index (χ0n) is 30.4. The van der Waals surface area contributed by atoms with Crippen molar-refractivity contribution in [2.24, 2.45) is 5.73 Å². The van der Waals surface area contributed by atoms with E-state index in [2.05, 4.69) is 5.73 Å². The van der Waals surface area contributed by atoms with Crippen molar-refractivity contribution in [2.75, 3.05) is 6.54 Å². The molecule has 9 N–H and O–H groups in total. The number of benzene rings is 2. The maximum Gasteiger partial charge on any atom is 0.309 e. The van der Waals surface area contributed by atoms with E-state index in [1.54, 1.807) is 24.3 Å². The topological polar surface area (TPSA) is 228 Å². The van der Waals surface area contributed by atoms with E-state index < -0.39 is 36.6 Å². The van der Waals surface area contributed by atoms with Crippen LogP contribution in [-0.4, -0.2) is 67.2 Å². The molecule has 0 spiro atoms. The number of aromatic hydroxyl groups is 2. The van der Waals surface area contributed by atoms with Crippen molar-refractivity contribution in [3.63, 3.8) is 0 Å². The summed E-state index contributed by atoms with van der Waals surface area (Å²) in [5.74, 6) is -3.33. The molecule has 2 amide bonds. The van der Waals surface area contributed by atoms with E-state index >= 15 is 0 Å². The number of carboxylic acid groups (broad SMARTS) is 2. The second-order valence-electron chi connectivity index (χ2n) is 15.8. The standard InChI is InChI=1S/2C16H24O3.C4H8N2O4/c2*1-15(2,3)11-7-10(9-13(17)18)8-12(14(11)19)16(4,5)6;5-3(9)4(10)6-1-2(7)8/h2*7-8,19H,9H2,1-6H3,(H,17,18);2,7-8H,1H2,(H2,5,9)(H,6,10). The molecule has 0 fully saturated rings. The van der Waals surface area contributed by atoms with Gasteiger partial charge >= 0.3 is 23.8 Å². The summed E-state index contributed by atoms with van der Waals surface area (Å²) >= 11 is 0. The number of hydrogen-bond acceptors (Lipinski definition) is 8. The summed E-state index contributed by atoms with van der Waals surface area (Å²) < 4.78 is 0. The maximum absolute atomic E-state index is 10.9. The zero-order valence-corrected chi connectivity index (χ0v) is 30.4. The quantitative estimate of drug-likeness (QED) is 0.161. The minimum absolute atomic E-state index is 0.0214. The highest BCUT2D eigenvalue weighted by atomic mass is 16.5.